The second-order valence-electron chi connectivity index (χ2n) is 4.81. The molecule has 1 N–H and O–H groups in total. The van der Waals surface area contributed by atoms with Crippen LogP contribution in [0.1, 0.15) is 27.2 Å². The number of hydrogen-bond acceptors (Lipinski definition) is 4. The average Bonchev–Trinajstić information content (AvgIpc) is 2.70. The van der Waals surface area contributed by atoms with Crippen molar-refractivity contribution < 1.29 is 19.4 Å². The minimum absolute atomic E-state index is 0.0144. The zero-order valence-corrected chi connectivity index (χ0v) is 10.3. The molecule has 2 amide bonds. The first-order valence-electron chi connectivity index (χ1n) is 5.74. The highest BCUT2D eigenvalue weighted by molar-refractivity contribution is 6.18. The van der Waals surface area contributed by atoms with Gasteiger partial charge in [0.2, 0.25) is 0 Å². The van der Waals surface area contributed by atoms with Crippen LogP contribution >= 0.6 is 0 Å². The van der Waals surface area contributed by atoms with Crippen LogP contribution in [0.15, 0.2) is 11.1 Å². The zero-order valence-electron chi connectivity index (χ0n) is 10.3. The van der Waals surface area contributed by atoms with E-state index < -0.39 is 5.60 Å². The normalized spacial score (nSPS) is 34.1. The largest absolute Gasteiger partial charge is 0.385 e. The Labute approximate surface area is 100 Å². The van der Waals surface area contributed by atoms with E-state index in [4.69, 9.17) is 4.74 Å². The van der Waals surface area contributed by atoms with E-state index in [2.05, 4.69) is 0 Å². The van der Waals surface area contributed by atoms with Crippen LogP contribution in [-0.4, -0.2) is 46.7 Å². The second-order valence-corrected chi connectivity index (χ2v) is 4.81. The highest BCUT2D eigenvalue weighted by atomic mass is 16.5. The molecule has 1 saturated heterocycles. The summed E-state index contributed by atoms with van der Waals surface area (Å²) in [6, 6.07) is 0. The average molecular weight is 239 g/mol. The van der Waals surface area contributed by atoms with Crippen molar-refractivity contribution in [3.63, 3.8) is 0 Å². The minimum atomic E-state index is -1.11. The molecule has 2 aliphatic heterocycles. The maximum atomic E-state index is 11.9. The molecular formula is C12H17NO4. The van der Waals surface area contributed by atoms with Crippen molar-refractivity contribution in [2.45, 2.75) is 38.9 Å². The van der Waals surface area contributed by atoms with Crippen molar-refractivity contribution >= 4 is 11.8 Å². The predicted molar refractivity (Wildman–Crippen MR) is 60.1 cm³/mol. The van der Waals surface area contributed by atoms with E-state index in [0.29, 0.717) is 24.2 Å². The molecule has 1 fully saturated rings. The van der Waals surface area contributed by atoms with Crippen molar-refractivity contribution in [2.75, 3.05) is 13.2 Å². The molecule has 2 atom stereocenters. The number of nitrogens with zero attached hydrogens (tertiary/aromatic N) is 1. The Kier molecular flexibility index (Phi) is 2.83. The van der Waals surface area contributed by atoms with Gasteiger partial charge in [-0.05, 0) is 20.8 Å². The van der Waals surface area contributed by atoms with Crippen LogP contribution in [0.25, 0.3) is 0 Å². The summed E-state index contributed by atoms with van der Waals surface area (Å²) in [6.45, 7) is 5.49. The van der Waals surface area contributed by atoms with Crippen molar-refractivity contribution in [2.24, 2.45) is 0 Å². The Morgan fingerprint density at radius 1 is 1.35 bits per heavy atom. The predicted octanol–water partition coefficient (Wildman–Crippen LogP) is 0.231. The molecule has 0 aliphatic carbocycles. The zero-order chi connectivity index (χ0) is 12.8. The minimum Gasteiger partial charge on any atom is -0.385 e. The number of β-amino-alcohol motifs (C(OH)–C–C–N with tert-alkyl or cyclic N) is 1. The molecule has 5 nitrogen and oxygen atoms in total. The van der Waals surface area contributed by atoms with Crippen molar-refractivity contribution in [1.29, 1.82) is 0 Å². The lowest BCUT2D eigenvalue weighted by atomic mass is 9.96. The number of aliphatic hydroxyl groups is 1. The quantitative estimate of drug-likeness (QED) is 0.701. The number of imide groups is 1. The smallest absolute Gasteiger partial charge is 0.256 e. The fourth-order valence-electron chi connectivity index (χ4n) is 2.21. The van der Waals surface area contributed by atoms with Gasteiger partial charge < -0.3 is 9.84 Å². The molecule has 17 heavy (non-hydrogen) atoms. The van der Waals surface area contributed by atoms with Crippen molar-refractivity contribution in [1.82, 2.24) is 4.90 Å². The lowest BCUT2D eigenvalue weighted by Crippen LogP contribution is -2.50. The summed E-state index contributed by atoms with van der Waals surface area (Å²) in [4.78, 5) is 24.8. The first-order chi connectivity index (χ1) is 7.87. The first kappa shape index (κ1) is 12.3. The molecule has 0 aromatic rings. The summed E-state index contributed by atoms with van der Waals surface area (Å²) < 4.78 is 5.29. The summed E-state index contributed by atoms with van der Waals surface area (Å²) in [5.74, 6) is -0.611. The van der Waals surface area contributed by atoms with Gasteiger partial charge in [-0.15, -0.1) is 0 Å². The molecular weight excluding hydrogens is 222 g/mol. The lowest BCUT2D eigenvalue weighted by Gasteiger charge is -2.30. The van der Waals surface area contributed by atoms with Crippen LogP contribution in [0.5, 0.6) is 0 Å². The van der Waals surface area contributed by atoms with E-state index >= 15 is 0 Å². The number of carbonyl (C=O) groups excluding carboxylic acids is 2. The maximum Gasteiger partial charge on any atom is 0.256 e. The number of ether oxygens (including phenoxy) is 1. The monoisotopic (exact) mass is 239 g/mol. The van der Waals surface area contributed by atoms with Crippen LogP contribution < -0.4 is 0 Å². The van der Waals surface area contributed by atoms with Gasteiger partial charge in [0.1, 0.15) is 5.60 Å². The van der Waals surface area contributed by atoms with Crippen molar-refractivity contribution in [3.8, 4) is 0 Å². The molecule has 94 valence electrons. The standard InChI is InChI=1S/C12H17NO4/c1-7-8(2)11(15)13(10(7)14)6-12(16)4-5-17-9(12)3/h9,16H,4-6H2,1-3H3. The Morgan fingerprint density at radius 3 is 2.29 bits per heavy atom. The van der Waals surface area contributed by atoms with E-state index in [9.17, 15) is 14.7 Å². The molecule has 0 spiro atoms. The van der Waals surface area contributed by atoms with E-state index in [1.807, 2.05) is 0 Å². The molecule has 0 bridgehead atoms. The number of amides is 2. The van der Waals surface area contributed by atoms with Crippen LogP contribution in [0.4, 0.5) is 0 Å². The van der Waals surface area contributed by atoms with Gasteiger partial charge in [0.15, 0.2) is 0 Å². The third-order valence-electron chi connectivity index (χ3n) is 3.79. The number of rotatable bonds is 2. The Morgan fingerprint density at radius 2 is 1.88 bits per heavy atom. The molecule has 0 aromatic carbocycles. The van der Waals surface area contributed by atoms with Crippen LogP contribution in [0.3, 0.4) is 0 Å². The van der Waals surface area contributed by atoms with Gasteiger partial charge in [-0.25, -0.2) is 0 Å². The third kappa shape index (κ3) is 1.79. The Hall–Kier alpha value is -1.20. The van der Waals surface area contributed by atoms with Gasteiger partial charge in [-0.1, -0.05) is 0 Å². The number of hydrogen-bond donors (Lipinski definition) is 1. The Bertz CT molecular complexity index is 391. The molecule has 2 unspecified atom stereocenters. The van der Waals surface area contributed by atoms with Gasteiger partial charge in [0.05, 0.1) is 12.6 Å². The Balaban J connectivity index is 2.17. The van der Waals surface area contributed by atoms with Crippen LogP contribution in [-0.2, 0) is 14.3 Å². The third-order valence-corrected chi connectivity index (χ3v) is 3.79. The lowest BCUT2D eigenvalue weighted by molar-refractivity contribution is -0.143. The molecule has 0 saturated carbocycles. The molecule has 0 radical (unpaired) electrons. The summed E-state index contributed by atoms with van der Waals surface area (Å²) in [7, 11) is 0. The summed E-state index contributed by atoms with van der Waals surface area (Å²) in [6.07, 6.45) is 0.0906. The van der Waals surface area contributed by atoms with E-state index in [0.717, 1.165) is 4.90 Å². The van der Waals surface area contributed by atoms with Crippen molar-refractivity contribution in [3.05, 3.63) is 11.1 Å². The highest BCUT2D eigenvalue weighted by Crippen LogP contribution is 2.29. The summed E-state index contributed by atoms with van der Waals surface area (Å²) >= 11 is 0. The topological polar surface area (TPSA) is 66.8 Å². The van der Waals surface area contributed by atoms with Gasteiger partial charge in [0.25, 0.3) is 11.8 Å². The SMILES string of the molecule is CC1=C(C)C(=O)N(CC2(O)CCOC2C)C1=O. The fourth-order valence-corrected chi connectivity index (χ4v) is 2.21. The molecule has 2 rings (SSSR count). The van der Waals surface area contributed by atoms with Gasteiger partial charge in [0, 0.05) is 24.2 Å². The summed E-state index contributed by atoms with van der Waals surface area (Å²) in [5, 5.41) is 10.3. The molecule has 2 heterocycles. The fraction of sp³-hybridized carbons (Fsp3) is 0.667. The van der Waals surface area contributed by atoms with E-state index in [1.165, 1.54) is 0 Å². The van der Waals surface area contributed by atoms with Gasteiger partial charge in [-0.3, -0.25) is 14.5 Å². The summed E-state index contributed by atoms with van der Waals surface area (Å²) in [5.41, 5.74) is -0.189. The van der Waals surface area contributed by atoms with Gasteiger partial charge >= 0.3 is 0 Å². The maximum absolute atomic E-state index is 11.9. The molecule has 0 aromatic heterocycles. The highest BCUT2D eigenvalue weighted by Gasteiger charge is 2.45. The van der Waals surface area contributed by atoms with Crippen LogP contribution in [0, 0.1) is 0 Å². The number of carbonyl (C=O) groups is 2. The molecule has 5 heteroatoms. The van der Waals surface area contributed by atoms with Crippen LogP contribution in [0.2, 0.25) is 0 Å². The van der Waals surface area contributed by atoms with E-state index in [1.54, 1.807) is 20.8 Å². The van der Waals surface area contributed by atoms with E-state index in [-0.39, 0.29) is 24.5 Å². The van der Waals surface area contributed by atoms with Gasteiger partial charge in [-0.2, -0.15) is 0 Å². The molecule has 2 aliphatic rings. The second kappa shape index (κ2) is 3.92. The first-order valence-corrected chi connectivity index (χ1v) is 5.74.